The summed E-state index contributed by atoms with van der Waals surface area (Å²) in [7, 11) is 0. The van der Waals surface area contributed by atoms with Gasteiger partial charge in [0.05, 0.1) is 0 Å². The van der Waals surface area contributed by atoms with Gasteiger partial charge in [-0.25, -0.2) is 0 Å². The van der Waals surface area contributed by atoms with Gasteiger partial charge in [-0.1, -0.05) is 54.0 Å². The van der Waals surface area contributed by atoms with E-state index in [4.69, 9.17) is 0 Å². The lowest BCUT2D eigenvalue weighted by molar-refractivity contribution is 0.226. The molecule has 0 heterocycles. The van der Waals surface area contributed by atoms with Gasteiger partial charge in [-0.2, -0.15) is 0 Å². The van der Waals surface area contributed by atoms with Crippen molar-refractivity contribution in [1.82, 2.24) is 0 Å². The van der Waals surface area contributed by atoms with Gasteiger partial charge >= 0.3 is 0 Å². The van der Waals surface area contributed by atoms with Gasteiger partial charge < -0.3 is 5.11 Å². The minimum absolute atomic E-state index is 0.272. The van der Waals surface area contributed by atoms with E-state index in [1.54, 1.807) is 0 Å². The Morgan fingerprint density at radius 2 is 2.20 bits per heavy atom. The van der Waals surface area contributed by atoms with E-state index in [1.807, 2.05) is 6.08 Å². The summed E-state index contributed by atoms with van der Waals surface area (Å²) in [6.07, 6.45) is 8.87. The zero-order valence-corrected chi connectivity index (χ0v) is 11.9. The second kappa shape index (κ2) is 10.7. The number of hydrogen-bond donors (Lipinski definition) is 1. The second-order valence-corrected chi connectivity index (χ2v) is 4.62. The zero-order valence-electron chi connectivity index (χ0n) is 9.71. The summed E-state index contributed by atoms with van der Waals surface area (Å²) in [5.74, 6) is 0.366. The van der Waals surface area contributed by atoms with Gasteiger partial charge in [-0.15, -0.1) is 6.58 Å². The van der Waals surface area contributed by atoms with Crippen molar-refractivity contribution in [3.63, 3.8) is 0 Å². The van der Waals surface area contributed by atoms with Crippen LogP contribution in [0, 0.1) is 5.92 Å². The van der Waals surface area contributed by atoms with E-state index in [1.165, 1.54) is 31.3 Å². The van der Waals surface area contributed by atoms with Crippen molar-refractivity contribution < 1.29 is 5.11 Å². The Hall–Kier alpha value is 0.170. The number of halogens is 1. The van der Waals surface area contributed by atoms with Crippen LogP contribution in [0.15, 0.2) is 22.3 Å². The highest BCUT2D eigenvalue weighted by Crippen LogP contribution is 2.21. The quantitative estimate of drug-likeness (QED) is 0.377. The van der Waals surface area contributed by atoms with Gasteiger partial charge in [0.2, 0.25) is 0 Å². The highest BCUT2D eigenvalue weighted by molar-refractivity contribution is 14.1. The molecule has 0 saturated heterocycles. The summed E-state index contributed by atoms with van der Waals surface area (Å²) in [5, 5.41) is 9.20. The number of rotatable bonds is 9. The van der Waals surface area contributed by atoms with Gasteiger partial charge in [0.1, 0.15) is 0 Å². The molecule has 1 N–H and O–H groups in total. The first-order valence-corrected chi connectivity index (χ1v) is 7.02. The van der Waals surface area contributed by atoms with E-state index in [9.17, 15) is 5.11 Å². The van der Waals surface area contributed by atoms with E-state index < -0.39 is 0 Å². The number of allylic oxidation sites excluding steroid dienone is 2. The third kappa shape index (κ3) is 8.03. The van der Waals surface area contributed by atoms with Crippen LogP contribution in [0.5, 0.6) is 0 Å². The van der Waals surface area contributed by atoms with Crippen molar-refractivity contribution in [3.8, 4) is 0 Å². The van der Waals surface area contributed by atoms with E-state index in [-0.39, 0.29) is 6.61 Å². The molecule has 1 atom stereocenters. The molecule has 88 valence electrons. The fourth-order valence-corrected chi connectivity index (χ4v) is 2.20. The molecule has 0 aliphatic rings. The fourth-order valence-electron chi connectivity index (χ4n) is 1.63. The molecule has 1 nitrogen and oxygen atoms in total. The van der Waals surface area contributed by atoms with Crippen LogP contribution in [-0.2, 0) is 0 Å². The third-order valence-electron chi connectivity index (χ3n) is 2.56. The third-order valence-corrected chi connectivity index (χ3v) is 3.45. The Morgan fingerprint density at radius 3 is 2.67 bits per heavy atom. The largest absolute Gasteiger partial charge is 0.396 e. The second-order valence-electron chi connectivity index (χ2n) is 4.00. The maximum absolute atomic E-state index is 9.20. The van der Waals surface area contributed by atoms with Crippen LogP contribution < -0.4 is 0 Å². The van der Waals surface area contributed by atoms with Crippen LogP contribution in [0.4, 0.5) is 0 Å². The number of aliphatic hydroxyl groups excluding tert-OH is 1. The molecule has 0 bridgehead atoms. The molecule has 0 unspecified atom stereocenters. The van der Waals surface area contributed by atoms with E-state index in [0.29, 0.717) is 5.92 Å². The van der Waals surface area contributed by atoms with Crippen molar-refractivity contribution in [2.24, 2.45) is 5.92 Å². The molecule has 2 heteroatoms. The lowest BCUT2D eigenvalue weighted by atomic mass is 9.95. The smallest absolute Gasteiger partial charge is 0.0465 e. The zero-order chi connectivity index (χ0) is 11.5. The van der Waals surface area contributed by atoms with Crippen LogP contribution in [0.3, 0.4) is 0 Å². The average molecular weight is 322 g/mol. The van der Waals surface area contributed by atoms with Crippen LogP contribution in [0.1, 0.15) is 45.4 Å². The molecule has 0 aliphatic heterocycles. The predicted molar refractivity (Wildman–Crippen MR) is 76.3 cm³/mol. The van der Waals surface area contributed by atoms with Gasteiger partial charge in [-0.05, 0) is 35.7 Å². The molecule has 0 amide bonds. The molecule has 0 aromatic carbocycles. The first kappa shape index (κ1) is 15.2. The molecule has 0 rings (SSSR count). The standard InChI is InChI=1S/C13H23IO/c1-3-5-6-8-12(10-14)9-13(11-15)7-4-2/h4,10,13,15H,2-3,5-9,11H2,1H3/b12-10-/t13-/m1/s1. The lowest BCUT2D eigenvalue weighted by Crippen LogP contribution is -2.06. The Kier molecular flexibility index (Phi) is 10.8. The summed E-state index contributed by atoms with van der Waals surface area (Å²) in [6, 6.07) is 0. The van der Waals surface area contributed by atoms with Gasteiger partial charge in [0.25, 0.3) is 0 Å². The summed E-state index contributed by atoms with van der Waals surface area (Å²) in [5.41, 5.74) is 1.48. The lowest BCUT2D eigenvalue weighted by Gasteiger charge is -2.14. The molecule has 0 aliphatic carbocycles. The van der Waals surface area contributed by atoms with E-state index in [0.717, 1.165) is 12.8 Å². The monoisotopic (exact) mass is 322 g/mol. The van der Waals surface area contributed by atoms with E-state index >= 15 is 0 Å². The van der Waals surface area contributed by atoms with Crippen LogP contribution in [0.25, 0.3) is 0 Å². The average Bonchev–Trinajstić information content (AvgIpc) is 2.26. The van der Waals surface area contributed by atoms with Crippen LogP contribution in [-0.4, -0.2) is 11.7 Å². The van der Waals surface area contributed by atoms with Crippen molar-refractivity contribution in [2.45, 2.75) is 45.4 Å². The Balaban J connectivity index is 3.90. The Morgan fingerprint density at radius 1 is 1.47 bits per heavy atom. The van der Waals surface area contributed by atoms with Crippen molar-refractivity contribution in [2.75, 3.05) is 6.61 Å². The summed E-state index contributed by atoms with van der Waals surface area (Å²) in [4.78, 5) is 0. The Bertz CT molecular complexity index is 187. The normalized spacial score (nSPS) is 13.9. The first-order chi connectivity index (χ1) is 7.28. The summed E-state index contributed by atoms with van der Waals surface area (Å²) < 4.78 is 2.18. The number of aliphatic hydroxyl groups is 1. The summed E-state index contributed by atoms with van der Waals surface area (Å²) >= 11 is 2.31. The number of unbranched alkanes of at least 4 members (excludes halogenated alkanes) is 2. The Labute approximate surface area is 108 Å². The van der Waals surface area contributed by atoms with Crippen LogP contribution in [0.2, 0.25) is 0 Å². The molecule has 15 heavy (non-hydrogen) atoms. The maximum Gasteiger partial charge on any atom is 0.0465 e. The molecule has 0 radical (unpaired) electrons. The van der Waals surface area contributed by atoms with E-state index in [2.05, 4.69) is 40.2 Å². The molecule has 0 aromatic rings. The molecular weight excluding hydrogens is 299 g/mol. The predicted octanol–water partition coefficient (Wildman–Crippen LogP) is 4.46. The molecule has 0 fully saturated rings. The highest BCUT2D eigenvalue weighted by atomic mass is 127. The maximum atomic E-state index is 9.20. The van der Waals surface area contributed by atoms with Crippen molar-refractivity contribution >= 4 is 22.6 Å². The molecule has 0 spiro atoms. The molecule has 0 saturated carbocycles. The molecular formula is C13H23IO. The SMILES string of the molecule is C=CC[C@@H](CO)C/C(=C\I)CCCCC. The summed E-state index contributed by atoms with van der Waals surface area (Å²) in [6.45, 7) is 6.22. The number of hydrogen-bond acceptors (Lipinski definition) is 1. The van der Waals surface area contributed by atoms with Gasteiger partial charge in [0, 0.05) is 6.61 Å². The van der Waals surface area contributed by atoms with Crippen molar-refractivity contribution in [1.29, 1.82) is 0 Å². The van der Waals surface area contributed by atoms with Gasteiger partial charge in [0.15, 0.2) is 0 Å². The van der Waals surface area contributed by atoms with Crippen molar-refractivity contribution in [3.05, 3.63) is 22.3 Å². The minimum Gasteiger partial charge on any atom is -0.396 e. The van der Waals surface area contributed by atoms with Gasteiger partial charge in [-0.3, -0.25) is 0 Å². The molecule has 0 aromatic heterocycles. The topological polar surface area (TPSA) is 20.2 Å². The fraction of sp³-hybridized carbons (Fsp3) is 0.692. The highest BCUT2D eigenvalue weighted by Gasteiger charge is 2.08. The minimum atomic E-state index is 0.272. The first-order valence-electron chi connectivity index (χ1n) is 5.78. The van der Waals surface area contributed by atoms with Crippen LogP contribution >= 0.6 is 22.6 Å².